The van der Waals surface area contributed by atoms with Crippen LogP contribution in [0.25, 0.3) is 0 Å². The van der Waals surface area contributed by atoms with Gasteiger partial charge < -0.3 is 20.3 Å². The minimum Gasteiger partial charge on any atom is -0.427 e. The van der Waals surface area contributed by atoms with E-state index in [1.807, 2.05) is 0 Å². The van der Waals surface area contributed by atoms with Crippen molar-refractivity contribution in [2.75, 3.05) is 11.9 Å². The van der Waals surface area contributed by atoms with Crippen LogP contribution in [0.3, 0.4) is 0 Å². The number of alkyl halides is 3. The SMILES string of the molecule is C[C@H](N(Cc1ccc(F)cc1)C(=O)CC1C[C@@]2(OC(=O)NC2=O)c2ccc(NC(=O)[C@@H]3CCCN3)cc21)C(F)(F)F. The zero-order valence-corrected chi connectivity index (χ0v) is 22.0. The highest BCUT2D eigenvalue weighted by molar-refractivity contribution is 6.04. The van der Waals surface area contributed by atoms with Gasteiger partial charge in [0.25, 0.3) is 5.91 Å². The maximum absolute atomic E-state index is 13.8. The van der Waals surface area contributed by atoms with E-state index >= 15 is 0 Å². The molecule has 0 aromatic heterocycles. The van der Waals surface area contributed by atoms with Crippen LogP contribution < -0.4 is 16.0 Å². The van der Waals surface area contributed by atoms with Crippen molar-refractivity contribution in [2.24, 2.45) is 0 Å². The molecule has 9 nitrogen and oxygen atoms in total. The Morgan fingerprint density at radius 2 is 1.90 bits per heavy atom. The van der Waals surface area contributed by atoms with Gasteiger partial charge in [-0.3, -0.25) is 19.7 Å². The Morgan fingerprint density at radius 1 is 1.17 bits per heavy atom. The fourth-order valence-electron chi connectivity index (χ4n) is 5.70. The lowest BCUT2D eigenvalue weighted by Gasteiger charge is -2.32. The van der Waals surface area contributed by atoms with E-state index in [1.165, 1.54) is 18.2 Å². The first kappa shape index (κ1) is 28.5. The maximum atomic E-state index is 13.8. The van der Waals surface area contributed by atoms with E-state index in [4.69, 9.17) is 4.74 Å². The molecule has 2 aliphatic heterocycles. The summed E-state index contributed by atoms with van der Waals surface area (Å²) in [6.07, 6.45) is -4.81. The Morgan fingerprint density at radius 3 is 2.51 bits per heavy atom. The second-order valence-corrected chi connectivity index (χ2v) is 10.6. The largest absolute Gasteiger partial charge is 0.427 e. The van der Waals surface area contributed by atoms with Crippen molar-refractivity contribution < 1.29 is 41.5 Å². The van der Waals surface area contributed by atoms with Crippen LogP contribution in [0.4, 0.5) is 28.0 Å². The Kier molecular flexibility index (Phi) is 7.49. The Hall–Kier alpha value is -4.00. The maximum Gasteiger partial charge on any atom is 0.415 e. The van der Waals surface area contributed by atoms with Gasteiger partial charge in [-0.1, -0.05) is 18.2 Å². The van der Waals surface area contributed by atoms with Gasteiger partial charge in [-0.05, 0) is 67.6 Å². The van der Waals surface area contributed by atoms with Crippen LogP contribution in [0.15, 0.2) is 42.5 Å². The molecule has 2 aromatic rings. The van der Waals surface area contributed by atoms with Crippen molar-refractivity contribution in [1.82, 2.24) is 15.5 Å². The third-order valence-corrected chi connectivity index (χ3v) is 7.90. The molecule has 0 bridgehead atoms. The number of halogens is 4. The summed E-state index contributed by atoms with van der Waals surface area (Å²) in [6.45, 7) is 1.15. The molecule has 2 saturated heterocycles. The van der Waals surface area contributed by atoms with Crippen LogP contribution in [0.2, 0.25) is 0 Å². The molecule has 5 rings (SSSR count). The molecule has 4 amide bonds. The molecule has 3 N–H and O–H groups in total. The third kappa shape index (κ3) is 5.63. The lowest BCUT2D eigenvalue weighted by molar-refractivity contribution is -0.187. The summed E-state index contributed by atoms with van der Waals surface area (Å²) in [6, 6.07) is 6.88. The first-order valence-electron chi connectivity index (χ1n) is 13.2. The number of nitrogens with zero attached hydrogens (tertiary/aromatic N) is 1. The number of hydrogen-bond acceptors (Lipinski definition) is 6. The summed E-state index contributed by atoms with van der Waals surface area (Å²) in [5.74, 6) is -3.25. The molecular formula is C28H28F4N4O5. The number of rotatable bonds is 7. The second kappa shape index (κ2) is 10.8. The third-order valence-electron chi connectivity index (χ3n) is 7.90. The molecule has 2 fully saturated rings. The molecule has 0 saturated carbocycles. The van der Waals surface area contributed by atoms with Crippen LogP contribution in [-0.4, -0.2) is 53.5 Å². The fraction of sp³-hybridized carbons (Fsp3) is 0.429. The van der Waals surface area contributed by atoms with Crippen molar-refractivity contribution in [3.05, 3.63) is 65.0 Å². The van der Waals surface area contributed by atoms with E-state index in [1.54, 1.807) is 12.1 Å². The smallest absolute Gasteiger partial charge is 0.415 e. The average molecular weight is 577 g/mol. The summed E-state index contributed by atoms with van der Waals surface area (Å²) in [7, 11) is 0. The highest BCUT2D eigenvalue weighted by Gasteiger charge is 2.57. The quantitative estimate of drug-likeness (QED) is 0.432. The number of hydrogen-bond donors (Lipinski definition) is 3. The minimum atomic E-state index is -4.74. The molecule has 218 valence electrons. The van der Waals surface area contributed by atoms with Gasteiger partial charge in [0.2, 0.25) is 17.4 Å². The Labute approximate surface area is 232 Å². The van der Waals surface area contributed by atoms with Crippen LogP contribution >= 0.6 is 0 Å². The highest BCUT2D eigenvalue weighted by atomic mass is 19.4. The van der Waals surface area contributed by atoms with E-state index in [0.717, 1.165) is 25.5 Å². The summed E-state index contributed by atoms with van der Waals surface area (Å²) in [5, 5.41) is 7.98. The average Bonchev–Trinajstić information content (AvgIpc) is 3.62. The number of carbonyl (C=O) groups excluding carboxylic acids is 4. The monoisotopic (exact) mass is 576 g/mol. The van der Waals surface area contributed by atoms with Gasteiger partial charge in [0.1, 0.15) is 11.9 Å². The van der Waals surface area contributed by atoms with E-state index < -0.39 is 60.4 Å². The van der Waals surface area contributed by atoms with E-state index in [9.17, 15) is 36.7 Å². The molecule has 1 aliphatic carbocycles. The van der Waals surface area contributed by atoms with Crippen molar-refractivity contribution in [3.63, 3.8) is 0 Å². The van der Waals surface area contributed by atoms with Gasteiger partial charge >= 0.3 is 12.3 Å². The molecular weight excluding hydrogens is 548 g/mol. The molecule has 2 aromatic carbocycles. The standard InChI is InChI=1S/C28H28F4N4O5/c1-15(28(30,31)32)36(14-16-4-6-18(29)7-5-16)23(37)11-17-13-27(25(39)35-26(40)41-27)21-9-8-19(12-20(17)21)34-24(38)22-3-2-10-33-22/h4-9,12,15,17,22,33H,2-3,10-11,13-14H2,1H3,(H,34,38)(H,35,39,40)/t15-,17?,22-,27+/m0/s1. The number of amides is 4. The topological polar surface area (TPSA) is 117 Å². The minimum absolute atomic E-state index is 0.169. The summed E-state index contributed by atoms with van der Waals surface area (Å²) in [5.41, 5.74) is -0.377. The first-order chi connectivity index (χ1) is 19.4. The highest BCUT2D eigenvalue weighted by Crippen LogP contribution is 2.51. The number of imide groups is 1. The molecule has 1 spiro atoms. The van der Waals surface area contributed by atoms with Gasteiger partial charge in [0, 0.05) is 30.6 Å². The Bertz CT molecular complexity index is 1380. The number of alkyl carbamates (subject to hydrolysis) is 1. The van der Waals surface area contributed by atoms with Gasteiger partial charge in [-0.25, -0.2) is 9.18 Å². The molecule has 3 aliphatic rings. The van der Waals surface area contributed by atoms with E-state index in [2.05, 4.69) is 16.0 Å². The van der Waals surface area contributed by atoms with Gasteiger partial charge in [-0.15, -0.1) is 0 Å². The molecule has 4 atom stereocenters. The summed E-state index contributed by atoms with van der Waals surface area (Å²) in [4.78, 5) is 51.7. The van der Waals surface area contributed by atoms with Crippen molar-refractivity contribution >= 4 is 29.5 Å². The fourth-order valence-corrected chi connectivity index (χ4v) is 5.70. The Balaban J connectivity index is 1.45. The molecule has 41 heavy (non-hydrogen) atoms. The van der Waals surface area contributed by atoms with Crippen LogP contribution in [0.1, 0.15) is 55.2 Å². The van der Waals surface area contributed by atoms with Crippen LogP contribution in [-0.2, 0) is 31.3 Å². The summed E-state index contributed by atoms with van der Waals surface area (Å²) < 4.78 is 60.2. The van der Waals surface area contributed by atoms with Crippen molar-refractivity contribution in [2.45, 2.75) is 68.9 Å². The van der Waals surface area contributed by atoms with Gasteiger partial charge in [0.05, 0.1) is 6.04 Å². The van der Waals surface area contributed by atoms with Gasteiger partial charge in [-0.2, -0.15) is 13.2 Å². The van der Waals surface area contributed by atoms with Gasteiger partial charge in [0.15, 0.2) is 0 Å². The normalized spacial score (nSPS) is 24.1. The number of ether oxygens (including phenoxy) is 1. The van der Waals surface area contributed by atoms with E-state index in [-0.39, 0.29) is 18.4 Å². The van der Waals surface area contributed by atoms with Crippen LogP contribution in [0, 0.1) is 5.82 Å². The summed E-state index contributed by atoms with van der Waals surface area (Å²) >= 11 is 0. The number of fused-ring (bicyclic) bond motifs is 2. The number of carbonyl (C=O) groups is 4. The molecule has 13 heteroatoms. The zero-order valence-electron chi connectivity index (χ0n) is 22.0. The second-order valence-electron chi connectivity index (χ2n) is 10.6. The van der Waals surface area contributed by atoms with Crippen LogP contribution in [0.5, 0.6) is 0 Å². The first-order valence-corrected chi connectivity index (χ1v) is 13.2. The zero-order chi connectivity index (χ0) is 29.5. The van der Waals surface area contributed by atoms with Crippen molar-refractivity contribution in [1.29, 1.82) is 0 Å². The lowest BCUT2D eigenvalue weighted by Crippen LogP contribution is -2.46. The van der Waals surface area contributed by atoms with E-state index in [0.29, 0.717) is 40.2 Å². The molecule has 1 unspecified atom stereocenters. The van der Waals surface area contributed by atoms with Crippen molar-refractivity contribution in [3.8, 4) is 0 Å². The number of anilines is 1. The predicted molar refractivity (Wildman–Crippen MR) is 137 cm³/mol. The lowest BCUT2D eigenvalue weighted by atomic mass is 9.94. The molecule has 0 radical (unpaired) electrons. The number of nitrogens with one attached hydrogen (secondary N) is 3. The number of benzene rings is 2. The molecule has 2 heterocycles. The predicted octanol–water partition coefficient (Wildman–Crippen LogP) is 3.83.